The van der Waals surface area contributed by atoms with Crippen LogP contribution in [0.4, 0.5) is 0 Å². The van der Waals surface area contributed by atoms with E-state index >= 15 is 0 Å². The van der Waals surface area contributed by atoms with Crippen LogP contribution in [0.1, 0.15) is 47.0 Å². The average molecular weight is 282 g/mol. The number of rotatable bonds is 9. The molecule has 0 radical (unpaired) electrons. The minimum atomic E-state index is -0.799. The lowest BCUT2D eigenvalue weighted by molar-refractivity contribution is -0.161. The van der Waals surface area contributed by atoms with Crippen LogP contribution in [-0.2, 0) is 19.1 Å². The predicted octanol–water partition coefficient (Wildman–Crippen LogP) is 3.42. The number of unbranched alkanes of at least 4 members (excludes halogenated alkanes) is 1. The first-order valence-corrected chi connectivity index (χ1v) is 7.16. The van der Waals surface area contributed by atoms with Crippen molar-refractivity contribution in [2.45, 2.75) is 47.0 Å². The molecule has 0 saturated carbocycles. The van der Waals surface area contributed by atoms with Gasteiger partial charge in [-0.25, -0.2) is 0 Å². The Kier molecular flexibility index (Phi) is 10.4. The van der Waals surface area contributed by atoms with Crippen LogP contribution in [0.5, 0.6) is 0 Å². The molecule has 4 heteroatoms. The number of allylic oxidation sites excluding steroid dienone is 4. The first kappa shape index (κ1) is 18.4. The van der Waals surface area contributed by atoms with E-state index in [0.29, 0.717) is 6.42 Å². The second-order valence-corrected chi connectivity index (χ2v) is 4.66. The summed E-state index contributed by atoms with van der Waals surface area (Å²) in [5.41, 5.74) is 1.23. The van der Waals surface area contributed by atoms with Gasteiger partial charge in [0.25, 0.3) is 0 Å². The molecule has 0 unspecified atom stereocenters. The monoisotopic (exact) mass is 282 g/mol. The summed E-state index contributed by atoms with van der Waals surface area (Å²) >= 11 is 0. The molecule has 0 amide bonds. The van der Waals surface area contributed by atoms with Gasteiger partial charge in [0.05, 0.1) is 13.2 Å². The van der Waals surface area contributed by atoms with Crippen LogP contribution in [0.2, 0.25) is 0 Å². The maximum Gasteiger partial charge on any atom is 0.320 e. The molecule has 0 aromatic carbocycles. The van der Waals surface area contributed by atoms with Gasteiger partial charge in [-0.05, 0) is 47.0 Å². The molecule has 20 heavy (non-hydrogen) atoms. The number of carbonyl (C=O) groups excluding carboxylic acids is 2. The SMILES string of the molecule is CCOC(=O)C(CCC/C=C/C=C(C)C)C(=O)OCC. The predicted molar refractivity (Wildman–Crippen MR) is 79.2 cm³/mol. The molecule has 0 atom stereocenters. The Morgan fingerprint density at radius 2 is 1.60 bits per heavy atom. The largest absolute Gasteiger partial charge is 0.465 e. The first-order valence-electron chi connectivity index (χ1n) is 7.16. The topological polar surface area (TPSA) is 52.6 Å². The lowest BCUT2D eigenvalue weighted by atomic mass is 10.0. The van der Waals surface area contributed by atoms with Crippen LogP contribution in [-0.4, -0.2) is 25.2 Å². The third-order valence-corrected chi connectivity index (χ3v) is 2.57. The maximum absolute atomic E-state index is 11.7. The second-order valence-electron chi connectivity index (χ2n) is 4.66. The van der Waals surface area contributed by atoms with Crippen LogP contribution in [0.25, 0.3) is 0 Å². The highest BCUT2D eigenvalue weighted by Crippen LogP contribution is 2.13. The van der Waals surface area contributed by atoms with Crippen LogP contribution in [0.15, 0.2) is 23.8 Å². The van der Waals surface area contributed by atoms with E-state index in [1.807, 2.05) is 32.1 Å². The summed E-state index contributed by atoms with van der Waals surface area (Å²) in [7, 11) is 0. The van der Waals surface area contributed by atoms with Crippen LogP contribution in [0, 0.1) is 5.92 Å². The molecule has 0 aromatic heterocycles. The van der Waals surface area contributed by atoms with E-state index in [-0.39, 0.29) is 13.2 Å². The molecule has 4 nitrogen and oxygen atoms in total. The fraction of sp³-hybridized carbons (Fsp3) is 0.625. The van der Waals surface area contributed by atoms with Gasteiger partial charge in [0.15, 0.2) is 5.92 Å². The third kappa shape index (κ3) is 8.51. The number of hydrogen-bond acceptors (Lipinski definition) is 4. The van der Waals surface area contributed by atoms with E-state index < -0.39 is 17.9 Å². The zero-order valence-electron chi connectivity index (χ0n) is 13.0. The van der Waals surface area contributed by atoms with E-state index in [2.05, 4.69) is 0 Å². The summed E-state index contributed by atoms with van der Waals surface area (Å²) in [6.07, 6.45) is 8.05. The molecular formula is C16H26O4. The molecule has 0 saturated heterocycles. The summed E-state index contributed by atoms with van der Waals surface area (Å²) in [6, 6.07) is 0. The molecule has 0 fully saturated rings. The fourth-order valence-electron chi connectivity index (χ4n) is 1.61. The number of carbonyl (C=O) groups is 2. The molecule has 0 aromatic rings. The highest BCUT2D eigenvalue weighted by Gasteiger charge is 2.28. The Hall–Kier alpha value is -1.58. The fourth-order valence-corrected chi connectivity index (χ4v) is 1.61. The molecule has 0 spiro atoms. The van der Waals surface area contributed by atoms with E-state index in [0.717, 1.165) is 12.8 Å². The third-order valence-electron chi connectivity index (χ3n) is 2.57. The first-order chi connectivity index (χ1) is 9.52. The molecule has 0 aliphatic heterocycles. The summed E-state index contributed by atoms with van der Waals surface area (Å²) in [6.45, 7) is 8.05. The summed E-state index contributed by atoms with van der Waals surface area (Å²) in [4.78, 5) is 23.4. The lowest BCUT2D eigenvalue weighted by Gasteiger charge is -2.13. The minimum Gasteiger partial charge on any atom is -0.465 e. The van der Waals surface area contributed by atoms with Gasteiger partial charge in [-0.2, -0.15) is 0 Å². The van der Waals surface area contributed by atoms with Gasteiger partial charge in [0, 0.05) is 0 Å². The standard InChI is InChI=1S/C16H26O4/c1-5-19-15(17)14(16(18)20-6-2)12-10-8-7-9-11-13(3)4/h7,9,11,14H,5-6,8,10,12H2,1-4H3/b9-7+. The quantitative estimate of drug-likeness (QED) is 0.281. The van der Waals surface area contributed by atoms with Crippen molar-refractivity contribution in [3.05, 3.63) is 23.8 Å². The molecular weight excluding hydrogens is 256 g/mol. The summed E-state index contributed by atoms with van der Waals surface area (Å²) < 4.78 is 9.83. The zero-order chi connectivity index (χ0) is 15.4. The van der Waals surface area contributed by atoms with Crippen molar-refractivity contribution in [1.29, 1.82) is 0 Å². The van der Waals surface area contributed by atoms with Crippen molar-refractivity contribution in [2.75, 3.05) is 13.2 Å². The summed E-state index contributed by atoms with van der Waals surface area (Å²) in [5.74, 6) is -1.77. The van der Waals surface area contributed by atoms with E-state index in [1.54, 1.807) is 13.8 Å². The van der Waals surface area contributed by atoms with Crippen molar-refractivity contribution >= 4 is 11.9 Å². The van der Waals surface area contributed by atoms with Crippen LogP contribution >= 0.6 is 0 Å². The van der Waals surface area contributed by atoms with E-state index in [9.17, 15) is 9.59 Å². The van der Waals surface area contributed by atoms with Gasteiger partial charge < -0.3 is 9.47 Å². The average Bonchev–Trinajstić information content (AvgIpc) is 2.37. The van der Waals surface area contributed by atoms with Gasteiger partial charge in [-0.1, -0.05) is 23.8 Å². The normalized spacial score (nSPS) is 10.7. The Bertz CT molecular complexity index is 333. The molecule has 0 aliphatic rings. The Labute approximate surface area is 121 Å². The molecule has 0 aliphatic carbocycles. The van der Waals surface area contributed by atoms with Gasteiger partial charge in [-0.3, -0.25) is 9.59 Å². The van der Waals surface area contributed by atoms with Gasteiger partial charge in [0.2, 0.25) is 0 Å². The highest BCUT2D eigenvalue weighted by atomic mass is 16.6. The van der Waals surface area contributed by atoms with E-state index in [4.69, 9.17) is 9.47 Å². The van der Waals surface area contributed by atoms with Crippen LogP contribution < -0.4 is 0 Å². The molecule has 0 rings (SSSR count). The Morgan fingerprint density at radius 3 is 2.05 bits per heavy atom. The lowest BCUT2D eigenvalue weighted by Crippen LogP contribution is -2.28. The molecule has 0 N–H and O–H groups in total. The van der Waals surface area contributed by atoms with E-state index in [1.165, 1.54) is 5.57 Å². The maximum atomic E-state index is 11.7. The molecule has 114 valence electrons. The Balaban J connectivity index is 4.29. The van der Waals surface area contributed by atoms with Crippen molar-refractivity contribution in [1.82, 2.24) is 0 Å². The van der Waals surface area contributed by atoms with Crippen molar-refractivity contribution < 1.29 is 19.1 Å². The van der Waals surface area contributed by atoms with Crippen LogP contribution in [0.3, 0.4) is 0 Å². The zero-order valence-corrected chi connectivity index (χ0v) is 13.0. The molecule has 0 bridgehead atoms. The van der Waals surface area contributed by atoms with Gasteiger partial charge in [0.1, 0.15) is 0 Å². The highest BCUT2D eigenvalue weighted by molar-refractivity contribution is 5.94. The second kappa shape index (κ2) is 11.3. The number of hydrogen-bond donors (Lipinski definition) is 0. The van der Waals surface area contributed by atoms with Crippen molar-refractivity contribution in [3.8, 4) is 0 Å². The summed E-state index contributed by atoms with van der Waals surface area (Å²) in [5, 5.41) is 0. The number of ether oxygens (including phenoxy) is 2. The number of esters is 2. The minimum absolute atomic E-state index is 0.273. The van der Waals surface area contributed by atoms with Gasteiger partial charge in [-0.15, -0.1) is 0 Å². The van der Waals surface area contributed by atoms with Crippen molar-refractivity contribution in [3.63, 3.8) is 0 Å². The molecule has 0 heterocycles. The van der Waals surface area contributed by atoms with Gasteiger partial charge >= 0.3 is 11.9 Å². The van der Waals surface area contributed by atoms with Crippen molar-refractivity contribution in [2.24, 2.45) is 5.92 Å². The smallest absolute Gasteiger partial charge is 0.320 e. The Morgan fingerprint density at radius 1 is 1.05 bits per heavy atom.